The van der Waals surface area contributed by atoms with Crippen molar-refractivity contribution in [2.45, 2.75) is 0 Å². The second-order valence-corrected chi connectivity index (χ2v) is 3.76. The Hall–Kier alpha value is -2.50. The minimum Gasteiger partial charge on any atom is -0.357 e. The monoisotopic (exact) mass is 243 g/mol. The number of fused-ring (bicyclic) bond motifs is 1. The van der Waals surface area contributed by atoms with Crippen LogP contribution in [0, 0.1) is 5.82 Å². The van der Waals surface area contributed by atoms with Gasteiger partial charge in [0.2, 0.25) is 5.95 Å². The molecule has 5 nitrogen and oxygen atoms in total. The predicted octanol–water partition coefficient (Wildman–Crippen LogP) is 2.20. The molecule has 0 saturated heterocycles. The van der Waals surface area contributed by atoms with Crippen LogP contribution in [0.1, 0.15) is 0 Å². The van der Waals surface area contributed by atoms with E-state index < -0.39 is 0 Å². The Balaban J connectivity index is 2.34. The molecule has 0 unspecified atom stereocenters. The van der Waals surface area contributed by atoms with E-state index in [0.29, 0.717) is 28.2 Å². The highest BCUT2D eigenvalue weighted by Gasteiger charge is 2.13. The lowest BCUT2D eigenvalue weighted by molar-refractivity contribution is 0.631. The maximum atomic E-state index is 13.8. The van der Waals surface area contributed by atoms with E-state index in [4.69, 9.17) is 0 Å². The van der Waals surface area contributed by atoms with Crippen LogP contribution in [0.2, 0.25) is 0 Å². The molecule has 0 fully saturated rings. The Morgan fingerprint density at radius 1 is 1.22 bits per heavy atom. The van der Waals surface area contributed by atoms with Gasteiger partial charge in [-0.2, -0.15) is 10.1 Å². The molecule has 0 atom stereocenters. The Labute approximate surface area is 102 Å². The molecule has 0 radical (unpaired) electrons. The summed E-state index contributed by atoms with van der Waals surface area (Å²) in [6.07, 6.45) is 1.59. The summed E-state index contributed by atoms with van der Waals surface area (Å²) in [6.45, 7) is 0. The van der Waals surface area contributed by atoms with Crippen molar-refractivity contribution in [2.75, 3.05) is 12.4 Å². The Bertz CT molecular complexity index is 707. The van der Waals surface area contributed by atoms with Crippen molar-refractivity contribution in [1.82, 2.24) is 20.2 Å². The molecule has 0 bridgehead atoms. The van der Waals surface area contributed by atoms with Crippen molar-refractivity contribution < 1.29 is 4.39 Å². The van der Waals surface area contributed by atoms with Gasteiger partial charge < -0.3 is 5.32 Å². The quantitative estimate of drug-likeness (QED) is 0.724. The van der Waals surface area contributed by atoms with Crippen LogP contribution in [0.3, 0.4) is 0 Å². The maximum Gasteiger partial charge on any atom is 0.225 e. The molecular formula is C12H10FN5. The highest BCUT2D eigenvalue weighted by Crippen LogP contribution is 2.27. The minimum absolute atomic E-state index is 0.319. The summed E-state index contributed by atoms with van der Waals surface area (Å²) in [5.74, 6) is 0.103. The fraction of sp³-hybridized carbons (Fsp3) is 0.0833. The maximum absolute atomic E-state index is 13.8. The number of nitrogens with zero attached hydrogens (tertiary/aromatic N) is 3. The van der Waals surface area contributed by atoms with Gasteiger partial charge in [-0.25, -0.2) is 9.37 Å². The van der Waals surface area contributed by atoms with E-state index in [2.05, 4.69) is 25.5 Å². The smallest absolute Gasteiger partial charge is 0.225 e. The molecule has 0 saturated carbocycles. The number of benzene rings is 1. The van der Waals surface area contributed by atoms with Gasteiger partial charge in [-0.05, 0) is 12.1 Å². The van der Waals surface area contributed by atoms with Crippen molar-refractivity contribution in [3.05, 3.63) is 36.3 Å². The number of anilines is 1. The first kappa shape index (κ1) is 10.6. The van der Waals surface area contributed by atoms with E-state index in [1.807, 2.05) is 0 Å². The second kappa shape index (κ2) is 4.06. The van der Waals surface area contributed by atoms with Crippen LogP contribution in [0.25, 0.3) is 22.3 Å². The summed E-state index contributed by atoms with van der Waals surface area (Å²) < 4.78 is 13.8. The third-order valence-corrected chi connectivity index (χ3v) is 2.66. The van der Waals surface area contributed by atoms with Crippen LogP contribution in [0.15, 0.2) is 30.5 Å². The summed E-state index contributed by atoms with van der Waals surface area (Å²) in [6, 6.07) is 6.50. The average Bonchev–Trinajstić information content (AvgIpc) is 2.86. The molecule has 1 aromatic carbocycles. The number of hydrogen-bond acceptors (Lipinski definition) is 4. The van der Waals surface area contributed by atoms with Crippen molar-refractivity contribution >= 4 is 17.0 Å². The van der Waals surface area contributed by atoms with E-state index in [1.165, 1.54) is 6.07 Å². The average molecular weight is 243 g/mol. The van der Waals surface area contributed by atoms with Crippen LogP contribution >= 0.6 is 0 Å². The lowest BCUT2D eigenvalue weighted by Gasteiger charge is -2.06. The zero-order valence-corrected chi connectivity index (χ0v) is 9.61. The topological polar surface area (TPSA) is 66.5 Å². The first-order valence-corrected chi connectivity index (χ1v) is 5.43. The van der Waals surface area contributed by atoms with Crippen LogP contribution < -0.4 is 5.32 Å². The van der Waals surface area contributed by atoms with E-state index >= 15 is 0 Å². The van der Waals surface area contributed by atoms with Gasteiger partial charge in [0.1, 0.15) is 5.82 Å². The van der Waals surface area contributed by atoms with Crippen LogP contribution in [0.4, 0.5) is 10.3 Å². The summed E-state index contributed by atoms with van der Waals surface area (Å²) >= 11 is 0. The standard InChI is InChI=1S/C12H10FN5/c1-14-12-16-10(7-4-2-3-5-9(7)13)8-6-15-18-11(8)17-12/h2-6H,1H3,(H2,14,15,16,17,18). The Morgan fingerprint density at radius 3 is 2.83 bits per heavy atom. The van der Waals surface area contributed by atoms with Gasteiger partial charge in [-0.3, -0.25) is 5.10 Å². The molecule has 90 valence electrons. The first-order valence-electron chi connectivity index (χ1n) is 5.43. The Kier molecular flexibility index (Phi) is 2.40. The van der Waals surface area contributed by atoms with Crippen molar-refractivity contribution in [2.24, 2.45) is 0 Å². The molecule has 18 heavy (non-hydrogen) atoms. The third-order valence-electron chi connectivity index (χ3n) is 2.66. The van der Waals surface area contributed by atoms with Crippen molar-refractivity contribution in [3.8, 4) is 11.3 Å². The molecule has 6 heteroatoms. The number of H-pyrrole nitrogens is 1. The van der Waals surface area contributed by atoms with Crippen LogP contribution in [-0.4, -0.2) is 27.2 Å². The van der Waals surface area contributed by atoms with Gasteiger partial charge in [0.25, 0.3) is 0 Å². The third kappa shape index (κ3) is 1.58. The van der Waals surface area contributed by atoms with Gasteiger partial charge >= 0.3 is 0 Å². The summed E-state index contributed by atoms with van der Waals surface area (Å²) in [5.41, 5.74) is 1.53. The van der Waals surface area contributed by atoms with Crippen LogP contribution in [0.5, 0.6) is 0 Å². The number of nitrogens with one attached hydrogen (secondary N) is 2. The van der Waals surface area contributed by atoms with Crippen molar-refractivity contribution in [3.63, 3.8) is 0 Å². The van der Waals surface area contributed by atoms with E-state index in [1.54, 1.807) is 31.4 Å². The predicted molar refractivity (Wildman–Crippen MR) is 66.6 cm³/mol. The molecule has 0 aliphatic rings. The highest BCUT2D eigenvalue weighted by molar-refractivity contribution is 5.90. The lowest BCUT2D eigenvalue weighted by Crippen LogP contribution is -1.99. The lowest BCUT2D eigenvalue weighted by atomic mass is 10.1. The second-order valence-electron chi connectivity index (χ2n) is 3.76. The number of aromatic nitrogens is 4. The molecule has 0 aliphatic carbocycles. The van der Waals surface area contributed by atoms with Gasteiger partial charge in [0, 0.05) is 12.6 Å². The van der Waals surface area contributed by atoms with Gasteiger partial charge in [-0.1, -0.05) is 12.1 Å². The summed E-state index contributed by atoms with van der Waals surface area (Å²) in [4.78, 5) is 8.51. The zero-order chi connectivity index (χ0) is 12.5. The normalized spacial score (nSPS) is 10.8. The number of aromatic amines is 1. The molecular weight excluding hydrogens is 233 g/mol. The molecule has 0 amide bonds. The molecule has 2 aromatic heterocycles. The fourth-order valence-corrected chi connectivity index (χ4v) is 1.81. The molecule has 3 rings (SSSR count). The highest BCUT2D eigenvalue weighted by atomic mass is 19.1. The molecule has 3 aromatic rings. The van der Waals surface area contributed by atoms with Gasteiger partial charge in [-0.15, -0.1) is 0 Å². The minimum atomic E-state index is -0.319. The van der Waals surface area contributed by atoms with E-state index in [9.17, 15) is 4.39 Å². The fourth-order valence-electron chi connectivity index (χ4n) is 1.81. The van der Waals surface area contributed by atoms with Crippen molar-refractivity contribution in [1.29, 1.82) is 0 Å². The van der Waals surface area contributed by atoms with E-state index in [0.717, 1.165) is 0 Å². The van der Waals surface area contributed by atoms with Gasteiger partial charge in [0.05, 0.1) is 17.3 Å². The van der Waals surface area contributed by atoms with Gasteiger partial charge in [0.15, 0.2) is 5.65 Å². The number of hydrogen-bond donors (Lipinski definition) is 2. The first-order chi connectivity index (χ1) is 8.79. The van der Waals surface area contributed by atoms with E-state index in [-0.39, 0.29) is 5.82 Å². The largest absolute Gasteiger partial charge is 0.357 e. The number of halogens is 1. The number of rotatable bonds is 2. The zero-order valence-electron chi connectivity index (χ0n) is 9.61. The SMILES string of the molecule is CNc1nc(-c2ccccc2F)c2cn[nH]c2n1. The molecule has 2 N–H and O–H groups in total. The molecule has 0 spiro atoms. The summed E-state index contributed by atoms with van der Waals surface area (Å²) in [7, 11) is 1.71. The Morgan fingerprint density at radius 2 is 2.06 bits per heavy atom. The van der Waals surface area contributed by atoms with Crippen LogP contribution in [-0.2, 0) is 0 Å². The molecule has 0 aliphatic heterocycles. The summed E-state index contributed by atoms with van der Waals surface area (Å²) in [5, 5.41) is 10.2. The molecule has 2 heterocycles.